The molecule has 4 aromatic rings. The molecule has 0 bridgehead atoms. The Kier molecular flexibility index (Phi) is 12.1. The zero-order valence-electron chi connectivity index (χ0n) is 26.6. The van der Waals surface area contributed by atoms with E-state index >= 15 is 0 Å². The summed E-state index contributed by atoms with van der Waals surface area (Å²) in [4.78, 5) is 30.5. The number of nitrogens with one attached hydrogen (secondary N) is 1. The van der Waals surface area contributed by atoms with Crippen LogP contribution in [0.4, 0.5) is 5.69 Å². The van der Waals surface area contributed by atoms with Crippen molar-refractivity contribution >= 4 is 62.3 Å². The van der Waals surface area contributed by atoms with Crippen LogP contribution in [-0.2, 0) is 32.6 Å². The normalized spacial score (nSPS) is 14.2. The Bertz CT molecular complexity index is 1840. The molecule has 7 nitrogen and oxygen atoms in total. The second kappa shape index (κ2) is 16.2. The second-order valence-corrected chi connectivity index (χ2v) is 15.1. The van der Waals surface area contributed by atoms with Crippen molar-refractivity contribution < 1.29 is 18.0 Å². The number of amides is 2. The molecule has 0 radical (unpaired) electrons. The van der Waals surface area contributed by atoms with E-state index in [9.17, 15) is 18.0 Å². The van der Waals surface area contributed by atoms with E-state index in [2.05, 4.69) is 5.32 Å². The van der Waals surface area contributed by atoms with Crippen molar-refractivity contribution in [3.8, 4) is 0 Å². The second-order valence-electron chi connectivity index (χ2n) is 12.0. The summed E-state index contributed by atoms with van der Waals surface area (Å²) < 4.78 is 29.6. The van der Waals surface area contributed by atoms with Gasteiger partial charge in [0.15, 0.2) is 0 Å². The van der Waals surface area contributed by atoms with E-state index in [4.69, 9.17) is 34.8 Å². The van der Waals surface area contributed by atoms with Crippen molar-refractivity contribution in [3.63, 3.8) is 0 Å². The summed E-state index contributed by atoms with van der Waals surface area (Å²) in [6, 6.07) is 26.3. The van der Waals surface area contributed by atoms with E-state index in [-0.39, 0.29) is 35.5 Å². The third-order valence-corrected chi connectivity index (χ3v) is 11.5. The standard InChI is InChI=1S/C37H38Cl3N3O4S/c1-26-32(39)18-11-19-34(26)43(48(46,47)31-16-9-4-10-17-31)25-36(44)42(24-28-20-21-29(38)23-33(28)40)35(22-27-12-5-2-6-13-27)37(45)41-30-14-7-3-8-15-30/h2,4-6,9-13,16-21,23,30,35H,3,7-8,14-15,22,24-25H2,1H3,(H,41,45). The van der Waals surface area contributed by atoms with Crippen LogP contribution < -0.4 is 9.62 Å². The molecular formula is C37H38Cl3N3O4S. The summed E-state index contributed by atoms with van der Waals surface area (Å²) in [5.74, 6) is -0.889. The maximum Gasteiger partial charge on any atom is 0.264 e. The number of nitrogens with zero attached hydrogens (tertiary/aromatic N) is 2. The van der Waals surface area contributed by atoms with Gasteiger partial charge in [-0.1, -0.05) is 115 Å². The molecule has 48 heavy (non-hydrogen) atoms. The van der Waals surface area contributed by atoms with Gasteiger partial charge in [-0.25, -0.2) is 8.42 Å². The molecule has 0 saturated heterocycles. The SMILES string of the molecule is Cc1c(Cl)cccc1N(CC(=O)N(Cc1ccc(Cl)cc1Cl)C(Cc1ccccc1)C(=O)NC1CCCCC1)S(=O)(=O)c1ccccc1. The number of carbonyl (C=O) groups is 2. The number of hydrogen-bond donors (Lipinski definition) is 1. The van der Waals surface area contributed by atoms with Crippen molar-refractivity contribution in [1.82, 2.24) is 10.2 Å². The first-order chi connectivity index (χ1) is 23.0. The van der Waals surface area contributed by atoms with Gasteiger partial charge >= 0.3 is 0 Å². The van der Waals surface area contributed by atoms with Crippen LogP contribution in [0.2, 0.25) is 15.1 Å². The van der Waals surface area contributed by atoms with Crippen LogP contribution in [0.15, 0.2) is 102 Å². The highest BCUT2D eigenvalue weighted by Crippen LogP contribution is 2.32. The Hall–Kier alpha value is -3.56. The zero-order chi connectivity index (χ0) is 34.3. The number of benzene rings is 4. The maximum absolute atomic E-state index is 14.7. The highest BCUT2D eigenvalue weighted by atomic mass is 35.5. The fraction of sp³-hybridized carbons (Fsp3) is 0.297. The van der Waals surface area contributed by atoms with E-state index in [0.717, 1.165) is 42.0 Å². The van der Waals surface area contributed by atoms with Crippen LogP contribution in [-0.4, -0.2) is 43.8 Å². The first-order valence-electron chi connectivity index (χ1n) is 15.9. The van der Waals surface area contributed by atoms with E-state index in [1.165, 1.54) is 17.0 Å². The predicted octanol–water partition coefficient (Wildman–Crippen LogP) is 8.24. The summed E-state index contributed by atoms with van der Waals surface area (Å²) in [6.07, 6.45) is 5.08. The molecule has 0 aromatic heterocycles. The Morgan fingerprint density at radius 3 is 2.17 bits per heavy atom. The van der Waals surface area contributed by atoms with Gasteiger partial charge in [-0.2, -0.15) is 0 Å². The van der Waals surface area contributed by atoms with Crippen LogP contribution in [0.5, 0.6) is 0 Å². The number of rotatable bonds is 12. The average molecular weight is 727 g/mol. The topological polar surface area (TPSA) is 86.8 Å². The summed E-state index contributed by atoms with van der Waals surface area (Å²) in [5.41, 5.74) is 2.17. The van der Waals surface area contributed by atoms with E-state index in [1.807, 2.05) is 30.3 Å². The fourth-order valence-electron chi connectivity index (χ4n) is 6.03. The largest absolute Gasteiger partial charge is 0.352 e. The molecular weight excluding hydrogens is 689 g/mol. The molecule has 0 heterocycles. The van der Waals surface area contributed by atoms with Crippen molar-refractivity contribution in [2.45, 2.75) is 69.0 Å². The highest BCUT2D eigenvalue weighted by Gasteiger charge is 2.36. The molecule has 2 amide bonds. The number of carbonyl (C=O) groups excluding carboxylic acids is 2. The van der Waals surface area contributed by atoms with Gasteiger partial charge < -0.3 is 10.2 Å². The van der Waals surface area contributed by atoms with Crippen molar-refractivity contribution in [1.29, 1.82) is 0 Å². The average Bonchev–Trinajstić information content (AvgIpc) is 3.08. The van der Waals surface area contributed by atoms with Gasteiger partial charge in [0, 0.05) is 34.1 Å². The molecule has 1 aliphatic rings. The van der Waals surface area contributed by atoms with Gasteiger partial charge in [0.25, 0.3) is 10.0 Å². The van der Waals surface area contributed by atoms with E-state index in [0.29, 0.717) is 26.2 Å². The van der Waals surface area contributed by atoms with Gasteiger partial charge in [-0.3, -0.25) is 13.9 Å². The van der Waals surface area contributed by atoms with Crippen LogP contribution >= 0.6 is 34.8 Å². The monoisotopic (exact) mass is 725 g/mol. The molecule has 11 heteroatoms. The first kappa shape index (κ1) is 35.7. The lowest BCUT2D eigenvalue weighted by atomic mass is 9.94. The lowest BCUT2D eigenvalue weighted by Gasteiger charge is -2.35. The highest BCUT2D eigenvalue weighted by molar-refractivity contribution is 7.92. The molecule has 0 spiro atoms. The van der Waals surface area contributed by atoms with Crippen LogP contribution in [0.1, 0.15) is 48.8 Å². The minimum absolute atomic E-state index is 0.00957. The zero-order valence-corrected chi connectivity index (χ0v) is 29.7. The number of anilines is 1. The predicted molar refractivity (Wildman–Crippen MR) is 193 cm³/mol. The lowest BCUT2D eigenvalue weighted by molar-refractivity contribution is -0.140. The minimum atomic E-state index is -4.25. The fourth-order valence-corrected chi connectivity index (χ4v) is 8.16. The lowest BCUT2D eigenvalue weighted by Crippen LogP contribution is -2.55. The summed E-state index contributed by atoms with van der Waals surface area (Å²) >= 11 is 19.3. The summed E-state index contributed by atoms with van der Waals surface area (Å²) in [5, 5.41) is 4.31. The summed E-state index contributed by atoms with van der Waals surface area (Å²) in [7, 11) is -4.25. The smallest absolute Gasteiger partial charge is 0.264 e. The van der Waals surface area contributed by atoms with Gasteiger partial charge in [0.2, 0.25) is 11.8 Å². The molecule has 1 fully saturated rings. The van der Waals surface area contributed by atoms with Crippen LogP contribution in [0.3, 0.4) is 0 Å². The quantitative estimate of drug-likeness (QED) is 0.159. The van der Waals surface area contributed by atoms with E-state index < -0.39 is 28.5 Å². The number of hydrogen-bond acceptors (Lipinski definition) is 4. The minimum Gasteiger partial charge on any atom is -0.352 e. The van der Waals surface area contributed by atoms with Crippen LogP contribution in [0, 0.1) is 6.92 Å². The Labute approximate surface area is 297 Å². The third kappa shape index (κ3) is 8.72. The molecule has 252 valence electrons. The maximum atomic E-state index is 14.7. The van der Waals surface area contributed by atoms with Gasteiger partial charge in [0.1, 0.15) is 12.6 Å². The molecule has 1 saturated carbocycles. The molecule has 1 atom stereocenters. The third-order valence-electron chi connectivity index (χ3n) is 8.70. The Morgan fingerprint density at radius 2 is 1.50 bits per heavy atom. The molecule has 1 aliphatic carbocycles. The molecule has 5 rings (SSSR count). The van der Waals surface area contributed by atoms with Crippen LogP contribution in [0.25, 0.3) is 0 Å². The van der Waals surface area contributed by atoms with Crippen molar-refractivity contribution in [3.05, 3.63) is 129 Å². The van der Waals surface area contributed by atoms with Gasteiger partial charge in [0.05, 0.1) is 10.6 Å². The molecule has 1 N–H and O–H groups in total. The van der Waals surface area contributed by atoms with Gasteiger partial charge in [-0.15, -0.1) is 0 Å². The Morgan fingerprint density at radius 1 is 0.833 bits per heavy atom. The molecule has 4 aromatic carbocycles. The molecule has 0 aliphatic heterocycles. The first-order valence-corrected chi connectivity index (χ1v) is 18.5. The van der Waals surface area contributed by atoms with Gasteiger partial charge in [-0.05, 0) is 72.9 Å². The summed E-state index contributed by atoms with van der Waals surface area (Å²) in [6.45, 7) is 1.06. The van der Waals surface area contributed by atoms with Crippen molar-refractivity contribution in [2.75, 3.05) is 10.8 Å². The number of halogens is 3. The number of sulfonamides is 1. The Balaban J connectivity index is 1.60. The molecule has 1 unspecified atom stereocenters. The van der Waals surface area contributed by atoms with E-state index in [1.54, 1.807) is 61.5 Å². The van der Waals surface area contributed by atoms with Crippen molar-refractivity contribution in [2.24, 2.45) is 0 Å².